The minimum Gasteiger partial charge on any atom is -0.492 e. The summed E-state index contributed by atoms with van der Waals surface area (Å²) in [4.78, 5) is 18.1. The van der Waals surface area contributed by atoms with Crippen molar-refractivity contribution in [2.75, 3.05) is 7.11 Å². The first-order chi connectivity index (χ1) is 8.61. The fourth-order valence-corrected chi connectivity index (χ4v) is 1.81. The number of hydrogen-bond acceptors (Lipinski definition) is 4. The van der Waals surface area contributed by atoms with E-state index in [9.17, 15) is 9.90 Å². The molecule has 0 spiro atoms. The summed E-state index contributed by atoms with van der Waals surface area (Å²) in [5.74, 6) is 0.0855. The van der Waals surface area contributed by atoms with Crippen molar-refractivity contribution in [2.24, 2.45) is 0 Å². The zero-order valence-electron chi connectivity index (χ0n) is 9.61. The Morgan fingerprint density at radius 3 is 2.94 bits per heavy atom. The number of aromatic nitrogens is 2. The van der Waals surface area contributed by atoms with Crippen molar-refractivity contribution in [3.05, 3.63) is 43.8 Å². The zero-order valence-corrected chi connectivity index (χ0v) is 11.8. The molecule has 0 radical (unpaired) electrons. The molecule has 6 heteroatoms. The second kappa shape index (κ2) is 5.49. The van der Waals surface area contributed by atoms with Crippen LogP contribution in [-0.2, 0) is 11.3 Å². The van der Waals surface area contributed by atoms with E-state index in [1.165, 1.54) is 0 Å². The van der Waals surface area contributed by atoms with Gasteiger partial charge in [-0.15, -0.1) is 0 Å². The molecule has 5 nitrogen and oxygen atoms in total. The molecule has 0 aliphatic carbocycles. The van der Waals surface area contributed by atoms with Gasteiger partial charge in [-0.25, -0.2) is 0 Å². The van der Waals surface area contributed by atoms with Gasteiger partial charge in [-0.3, -0.25) is 4.79 Å². The number of methoxy groups -OCH3 is 1. The van der Waals surface area contributed by atoms with E-state index in [0.29, 0.717) is 12.4 Å². The van der Waals surface area contributed by atoms with Crippen molar-refractivity contribution < 1.29 is 9.84 Å². The lowest BCUT2D eigenvalue weighted by Crippen LogP contribution is -2.12. The smallest absolute Gasteiger partial charge is 0.268 e. The first-order valence-electron chi connectivity index (χ1n) is 5.19. The Kier molecular flexibility index (Phi) is 3.97. The molecular formula is C12H11IN2O3. The van der Waals surface area contributed by atoms with Crippen LogP contribution in [-0.4, -0.2) is 22.2 Å². The third kappa shape index (κ3) is 2.70. The molecule has 0 fully saturated rings. The van der Waals surface area contributed by atoms with Gasteiger partial charge in [-0.05, 0) is 34.2 Å². The summed E-state index contributed by atoms with van der Waals surface area (Å²) >= 11 is 1.75. The van der Waals surface area contributed by atoms with Crippen molar-refractivity contribution in [1.29, 1.82) is 0 Å². The highest BCUT2D eigenvalue weighted by Crippen LogP contribution is 2.19. The van der Waals surface area contributed by atoms with Gasteiger partial charge in [0.05, 0.1) is 6.61 Å². The molecule has 2 rings (SSSR count). The fourth-order valence-electron chi connectivity index (χ4n) is 1.56. The van der Waals surface area contributed by atoms with Crippen LogP contribution in [0.5, 0.6) is 5.88 Å². The summed E-state index contributed by atoms with van der Waals surface area (Å²) in [6.07, 6.45) is 0. The number of halogens is 1. The quantitative estimate of drug-likeness (QED) is 0.822. The SMILES string of the molecule is COCc1cccc(-c2nc(O)c(I)c(=O)[nH]2)c1. The summed E-state index contributed by atoms with van der Waals surface area (Å²) in [6, 6.07) is 7.42. The van der Waals surface area contributed by atoms with E-state index in [-0.39, 0.29) is 15.0 Å². The van der Waals surface area contributed by atoms with Gasteiger partial charge >= 0.3 is 0 Å². The third-order valence-corrected chi connectivity index (χ3v) is 3.33. The molecule has 0 saturated heterocycles. The highest BCUT2D eigenvalue weighted by molar-refractivity contribution is 14.1. The molecular weight excluding hydrogens is 347 g/mol. The van der Waals surface area contributed by atoms with Gasteiger partial charge in [-0.2, -0.15) is 4.98 Å². The van der Waals surface area contributed by atoms with Crippen LogP contribution in [0, 0.1) is 3.57 Å². The van der Waals surface area contributed by atoms with E-state index in [2.05, 4.69) is 9.97 Å². The predicted octanol–water partition coefficient (Wildman–Crippen LogP) is 1.89. The normalized spacial score (nSPS) is 10.6. The average molecular weight is 358 g/mol. The zero-order chi connectivity index (χ0) is 13.1. The Hall–Kier alpha value is -1.41. The summed E-state index contributed by atoms with van der Waals surface area (Å²) in [6.45, 7) is 0.481. The lowest BCUT2D eigenvalue weighted by molar-refractivity contribution is 0.185. The standard InChI is InChI=1S/C12H11IN2O3/c1-18-6-7-3-2-4-8(5-7)10-14-11(16)9(13)12(17)15-10/h2-5H,6H2,1H3,(H2,14,15,16,17). The summed E-state index contributed by atoms with van der Waals surface area (Å²) in [7, 11) is 1.61. The monoisotopic (exact) mass is 358 g/mol. The summed E-state index contributed by atoms with van der Waals surface area (Å²) in [5.41, 5.74) is 1.35. The minimum absolute atomic E-state index is 0.185. The molecule has 0 atom stereocenters. The van der Waals surface area contributed by atoms with Crippen LogP contribution in [0.4, 0.5) is 0 Å². The van der Waals surface area contributed by atoms with Crippen LogP contribution >= 0.6 is 22.6 Å². The number of aromatic hydroxyl groups is 1. The Balaban J connectivity index is 2.48. The number of H-pyrrole nitrogens is 1. The molecule has 94 valence electrons. The molecule has 0 unspecified atom stereocenters. The molecule has 18 heavy (non-hydrogen) atoms. The highest BCUT2D eigenvalue weighted by Gasteiger charge is 2.09. The average Bonchev–Trinajstić information content (AvgIpc) is 2.36. The minimum atomic E-state index is -0.352. The van der Waals surface area contributed by atoms with Crippen molar-refractivity contribution in [2.45, 2.75) is 6.61 Å². The maximum absolute atomic E-state index is 11.6. The second-order valence-corrected chi connectivity index (χ2v) is 4.76. The number of rotatable bonds is 3. The Bertz CT molecular complexity index is 625. The molecule has 0 saturated carbocycles. The van der Waals surface area contributed by atoms with Crippen molar-refractivity contribution in [1.82, 2.24) is 9.97 Å². The van der Waals surface area contributed by atoms with Gasteiger partial charge in [0.1, 0.15) is 9.39 Å². The van der Waals surface area contributed by atoms with Crippen LogP contribution in [0.25, 0.3) is 11.4 Å². The number of hydrogen-bond donors (Lipinski definition) is 2. The first-order valence-corrected chi connectivity index (χ1v) is 6.26. The molecule has 2 N–H and O–H groups in total. The van der Waals surface area contributed by atoms with Crippen LogP contribution in [0.15, 0.2) is 29.1 Å². The van der Waals surface area contributed by atoms with Gasteiger partial charge < -0.3 is 14.8 Å². The van der Waals surface area contributed by atoms with Gasteiger partial charge in [-0.1, -0.05) is 18.2 Å². The molecule has 1 heterocycles. The lowest BCUT2D eigenvalue weighted by atomic mass is 10.1. The summed E-state index contributed by atoms with van der Waals surface area (Å²) in [5, 5.41) is 9.55. The van der Waals surface area contributed by atoms with E-state index in [1.54, 1.807) is 29.7 Å². The van der Waals surface area contributed by atoms with Crippen molar-refractivity contribution in [3.63, 3.8) is 0 Å². The Labute approximate surface area is 117 Å². The van der Waals surface area contributed by atoms with Crippen LogP contribution in [0.2, 0.25) is 0 Å². The number of benzene rings is 1. The van der Waals surface area contributed by atoms with E-state index in [4.69, 9.17) is 4.74 Å². The summed E-state index contributed by atoms with van der Waals surface area (Å²) < 4.78 is 5.23. The van der Waals surface area contributed by atoms with E-state index in [0.717, 1.165) is 11.1 Å². The van der Waals surface area contributed by atoms with Gasteiger partial charge in [0.15, 0.2) is 0 Å². The molecule has 0 aliphatic rings. The number of nitrogens with zero attached hydrogens (tertiary/aromatic N) is 1. The van der Waals surface area contributed by atoms with Crippen molar-refractivity contribution in [3.8, 4) is 17.3 Å². The third-order valence-electron chi connectivity index (χ3n) is 2.36. The maximum atomic E-state index is 11.6. The maximum Gasteiger partial charge on any atom is 0.268 e. The van der Waals surface area contributed by atoms with Crippen molar-refractivity contribution >= 4 is 22.6 Å². The Morgan fingerprint density at radius 1 is 1.50 bits per heavy atom. The second-order valence-electron chi connectivity index (χ2n) is 3.69. The molecule has 0 bridgehead atoms. The predicted molar refractivity (Wildman–Crippen MR) is 75.4 cm³/mol. The van der Waals surface area contributed by atoms with Gasteiger partial charge in [0, 0.05) is 12.7 Å². The van der Waals surface area contributed by atoms with Crippen LogP contribution < -0.4 is 5.56 Å². The van der Waals surface area contributed by atoms with Crippen LogP contribution in [0.3, 0.4) is 0 Å². The van der Waals surface area contributed by atoms with Gasteiger partial charge in [0.2, 0.25) is 5.88 Å². The molecule has 0 aliphatic heterocycles. The van der Waals surface area contributed by atoms with Gasteiger partial charge in [0.25, 0.3) is 5.56 Å². The van der Waals surface area contributed by atoms with E-state index >= 15 is 0 Å². The fraction of sp³-hybridized carbons (Fsp3) is 0.167. The lowest BCUT2D eigenvalue weighted by Gasteiger charge is -2.05. The van der Waals surface area contributed by atoms with E-state index in [1.807, 2.05) is 24.3 Å². The first kappa shape index (κ1) is 13.0. The highest BCUT2D eigenvalue weighted by atomic mass is 127. The molecule has 1 aromatic heterocycles. The number of nitrogens with one attached hydrogen (secondary N) is 1. The Morgan fingerprint density at radius 2 is 2.28 bits per heavy atom. The topological polar surface area (TPSA) is 75.2 Å². The number of ether oxygens (including phenoxy) is 1. The molecule has 1 aromatic carbocycles. The largest absolute Gasteiger partial charge is 0.492 e. The molecule has 0 amide bonds. The van der Waals surface area contributed by atoms with E-state index < -0.39 is 0 Å². The molecule has 2 aromatic rings. The van der Waals surface area contributed by atoms with Crippen LogP contribution in [0.1, 0.15) is 5.56 Å². The number of aromatic amines is 1.